The summed E-state index contributed by atoms with van der Waals surface area (Å²) in [5, 5.41) is 5.80. The molecule has 2 aromatic heterocycles. The molecule has 0 aliphatic carbocycles. The molecular formula is C18H24N2O3S2. The predicted octanol–water partition coefficient (Wildman–Crippen LogP) is 3.69. The lowest BCUT2D eigenvalue weighted by Gasteiger charge is -2.21. The Bertz CT molecular complexity index is 710. The van der Waals surface area contributed by atoms with Crippen molar-refractivity contribution < 1.29 is 14.0 Å². The molecule has 2 heterocycles. The van der Waals surface area contributed by atoms with Crippen LogP contribution >= 0.6 is 23.1 Å². The molecule has 2 N–H and O–H groups in total. The first-order valence-corrected chi connectivity index (χ1v) is 10.3. The lowest BCUT2D eigenvalue weighted by molar-refractivity contribution is -0.123. The number of carbonyl (C=O) groups is 2. The molecule has 0 spiro atoms. The highest BCUT2D eigenvalue weighted by molar-refractivity contribution is 7.98. The summed E-state index contributed by atoms with van der Waals surface area (Å²) < 4.78 is 5.10. The average Bonchev–Trinajstić information content (AvgIpc) is 3.20. The molecule has 2 rings (SSSR count). The van der Waals surface area contributed by atoms with E-state index in [1.54, 1.807) is 35.2 Å². The standard InChI is InChI=1S/C18H24N2O3S2/c1-11-10-14(13(3)25-11)12(2)19-17(21)15(7-9-24-4)20-18(22)16-6-5-8-23-16/h5-6,8,10,12,15H,7,9H2,1-4H3,(H,19,21)(H,20,22)/t12-,15+/m0/s1. The molecular weight excluding hydrogens is 356 g/mol. The van der Waals surface area contributed by atoms with Gasteiger partial charge in [0.15, 0.2) is 5.76 Å². The van der Waals surface area contributed by atoms with Crippen molar-refractivity contribution in [3.05, 3.63) is 45.5 Å². The number of hydrogen-bond donors (Lipinski definition) is 2. The van der Waals surface area contributed by atoms with Crippen molar-refractivity contribution in [2.45, 2.75) is 39.3 Å². The molecule has 0 aliphatic heterocycles. The van der Waals surface area contributed by atoms with Crippen LogP contribution < -0.4 is 10.6 Å². The van der Waals surface area contributed by atoms with Crippen LogP contribution in [0.3, 0.4) is 0 Å². The second-order valence-electron chi connectivity index (χ2n) is 5.88. The number of carbonyl (C=O) groups excluding carboxylic acids is 2. The van der Waals surface area contributed by atoms with E-state index in [0.717, 1.165) is 11.3 Å². The molecule has 0 saturated carbocycles. The van der Waals surface area contributed by atoms with Crippen molar-refractivity contribution in [1.29, 1.82) is 0 Å². The van der Waals surface area contributed by atoms with Crippen LogP contribution in [0.4, 0.5) is 0 Å². The first-order chi connectivity index (χ1) is 11.9. The van der Waals surface area contributed by atoms with E-state index in [0.29, 0.717) is 6.42 Å². The van der Waals surface area contributed by atoms with E-state index in [4.69, 9.17) is 4.42 Å². The van der Waals surface area contributed by atoms with Crippen LogP contribution in [-0.4, -0.2) is 29.9 Å². The Morgan fingerprint density at radius 1 is 1.32 bits per heavy atom. The van der Waals surface area contributed by atoms with Crippen molar-refractivity contribution in [3.8, 4) is 0 Å². The van der Waals surface area contributed by atoms with Crippen molar-refractivity contribution >= 4 is 34.9 Å². The Morgan fingerprint density at radius 2 is 2.08 bits per heavy atom. The van der Waals surface area contributed by atoms with Gasteiger partial charge in [0.25, 0.3) is 5.91 Å². The van der Waals surface area contributed by atoms with Gasteiger partial charge in [-0.05, 0) is 63.0 Å². The van der Waals surface area contributed by atoms with Gasteiger partial charge in [-0.15, -0.1) is 11.3 Å². The molecule has 25 heavy (non-hydrogen) atoms. The highest BCUT2D eigenvalue weighted by atomic mass is 32.2. The van der Waals surface area contributed by atoms with Crippen LogP contribution in [-0.2, 0) is 4.79 Å². The fraction of sp³-hybridized carbons (Fsp3) is 0.444. The maximum absolute atomic E-state index is 12.7. The minimum Gasteiger partial charge on any atom is -0.459 e. The molecule has 2 atom stereocenters. The SMILES string of the molecule is CSCC[C@@H](NC(=O)c1ccco1)C(=O)N[C@@H](C)c1cc(C)sc1C. The highest BCUT2D eigenvalue weighted by Gasteiger charge is 2.24. The molecule has 0 unspecified atom stereocenters. The number of amides is 2. The minimum absolute atomic E-state index is 0.102. The van der Waals surface area contributed by atoms with Gasteiger partial charge in [0, 0.05) is 9.75 Å². The second-order valence-corrected chi connectivity index (χ2v) is 8.33. The van der Waals surface area contributed by atoms with Crippen molar-refractivity contribution in [2.24, 2.45) is 0 Å². The minimum atomic E-state index is -0.590. The van der Waals surface area contributed by atoms with Crippen LogP contribution in [0.5, 0.6) is 0 Å². The normalized spacial score (nSPS) is 13.3. The van der Waals surface area contributed by atoms with Crippen LogP contribution in [0.1, 0.15) is 45.3 Å². The van der Waals surface area contributed by atoms with E-state index >= 15 is 0 Å². The molecule has 0 aliphatic rings. The molecule has 0 saturated heterocycles. The molecule has 0 bridgehead atoms. The quantitative estimate of drug-likeness (QED) is 0.733. The first kappa shape index (κ1) is 19.6. The molecule has 0 fully saturated rings. The number of nitrogens with one attached hydrogen (secondary N) is 2. The summed E-state index contributed by atoms with van der Waals surface area (Å²) in [5.41, 5.74) is 1.12. The van der Waals surface area contributed by atoms with Crippen molar-refractivity contribution in [3.63, 3.8) is 0 Å². The number of thioether (sulfide) groups is 1. The summed E-state index contributed by atoms with van der Waals surface area (Å²) in [4.78, 5) is 27.3. The first-order valence-electron chi connectivity index (χ1n) is 8.13. The Kier molecular flexibility index (Phi) is 7.13. The Balaban J connectivity index is 2.04. The van der Waals surface area contributed by atoms with Crippen LogP contribution in [0, 0.1) is 13.8 Å². The molecule has 7 heteroatoms. The van der Waals surface area contributed by atoms with E-state index in [9.17, 15) is 9.59 Å². The van der Waals surface area contributed by atoms with Gasteiger partial charge in [0.1, 0.15) is 6.04 Å². The lowest BCUT2D eigenvalue weighted by Crippen LogP contribution is -2.47. The zero-order valence-electron chi connectivity index (χ0n) is 14.9. The van der Waals surface area contributed by atoms with Gasteiger partial charge in [-0.1, -0.05) is 0 Å². The number of rotatable bonds is 8. The summed E-state index contributed by atoms with van der Waals surface area (Å²) >= 11 is 3.36. The summed E-state index contributed by atoms with van der Waals surface area (Å²) in [6, 6.07) is 4.64. The third-order valence-corrected chi connectivity index (χ3v) is 5.51. The molecule has 2 aromatic rings. The van der Waals surface area contributed by atoms with Gasteiger partial charge in [0.2, 0.25) is 5.91 Å². The molecule has 0 radical (unpaired) electrons. The second kappa shape index (κ2) is 9.10. The fourth-order valence-corrected chi connectivity index (χ4v) is 4.11. The summed E-state index contributed by atoms with van der Waals surface area (Å²) in [6.07, 6.45) is 3.98. The third-order valence-electron chi connectivity index (χ3n) is 3.88. The third kappa shape index (κ3) is 5.37. The maximum atomic E-state index is 12.7. The van der Waals surface area contributed by atoms with Crippen LogP contribution in [0.25, 0.3) is 0 Å². The molecule has 0 aromatic carbocycles. The smallest absolute Gasteiger partial charge is 0.287 e. The van der Waals surface area contributed by atoms with Crippen LogP contribution in [0.15, 0.2) is 28.9 Å². The van der Waals surface area contributed by atoms with E-state index in [2.05, 4.69) is 30.5 Å². The summed E-state index contributed by atoms with van der Waals surface area (Å²) in [5.74, 6) is 0.437. The van der Waals surface area contributed by atoms with Crippen LogP contribution in [0.2, 0.25) is 0 Å². The van der Waals surface area contributed by atoms with E-state index in [1.807, 2.05) is 13.2 Å². The molecule has 136 valence electrons. The van der Waals surface area contributed by atoms with E-state index in [1.165, 1.54) is 16.0 Å². The monoisotopic (exact) mass is 380 g/mol. The maximum Gasteiger partial charge on any atom is 0.287 e. The van der Waals surface area contributed by atoms with Crippen molar-refractivity contribution in [2.75, 3.05) is 12.0 Å². The Morgan fingerprint density at radius 3 is 2.64 bits per heavy atom. The number of hydrogen-bond acceptors (Lipinski definition) is 5. The van der Waals surface area contributed by atoms with E-state index < -0.39 is 6.04 Å². The fourth-order valence-electron chi connectivity index (χ4n) is 2.61. The summed E-state index contributed by atoms with van der Waals surface area (Å²) in [6.45, 7) is 6.08. The van der Waals surface area contributed by atoms with Gasteiger partial charge in [-0.3, -0.25) is 9.59 Å². The number of aryl methyl sites for hydroxylation is 2. The average molecular weight is 381 g/mol. The lowest BCUT2D eigenvalue weighted by atomic mass is 10.1. The van der Waals surface area contributed by atoms with Gasteiger partial charge in [0.05, 0.1) is 12.3 Å². The molecule has 5 nitrogen and oxygen atoms in total. The predicted molar refractivity (Wildman–Crippen MR) is 103 cm³/mol. The van der Waals surface area contributed by atoms with E-state index in [-0.39, 0.29) is 23.6 Å². The van der Waals surface area contributed by atoms with Gasteiger partial charge < -0.3 is 15.1 Å². The van der Waals surface area contributed by atoms with Crippen molar-refractivity contribution in [1.82, 2.24) is 10.6 Å². The zero-order valence-corrected chi connectivity index (χ0v) is 16.6. The number of furan rings is 1. The van der Waals surface area contributed by atoms with Gasteiger partial charge >= 0.3 is 0 Å². The Hall–Kier alpha value is -1.73. The highest BCUT2D eigenvalue weighted by Crippen LogP contribution is 2.26. The largest absolute Gasteiger partial charge is 0.459 e. The van der Waals surface area contributed by atoms with Gasteiger partial charge in [-0.2, -0.15) is 11.8 Å². The Labute approximate surface area is 156 Å². The summed E-state index contributed by atoms with van der Waals surface area (Å²) in [7, 11) is 0. The van der Waals surface area contributed by atoms with Gasteiger partial charge in [-0.25, -0.2) is 0 Å². The topological polar surface area (TPSA) is 71.3 Å². The zero-order chi connectivity index (χ0) is 18.4. The number of thiophene rings is 1. The molecule has 2 amide bonds.